The Morgan fingerprint density at radius 2 is 1.47 bits per heavy atom. The van der Waals surface area contributed by atoms with Crippen molar-refractivity contribution < 1.29 is 73.7 Å². The number of carbonyl (C=O) groups is 6. The number of halogens is 1. The summed E-state index contributed by atoms with van der Waals surface area (Å²) in [4.78, 5) is 91.3. The molecule has 2 aromatic rings. The number of rotatable bonds is 22. The van der Waals surface area contributed by atoms with Crippen LogP contribution in [0.15, 0.2) is 36.4 Å². The summed E-state index contributed by atoms with van der Waals surface area (Å²) in [6, 6.07) is 9.75. The number of aromatic nitrogens is 1. The summed E-state index contributed by atoms with van der Waals surface area (Å²) < 4.78 is 85.4. The fraction of sp³-hybridized carbons (Fsp3) is 0.441. The molecule has 60 heavy (non-hydrogen) atoms. The highest BCUT2D eigenvalue weighted by Gasteiger charge is 2.36. The smallest absolute Gasteiger partial charge is 0.333 e. The quantitative estimate of drug-likeness (QED) is 0.0108. The molecule has 26 heteroatoms. The van der Waals surface area contributed by atoms with Crippen LogP contribution in [0.1, 0.15) is 55.3 Å². The standard InChI is InChI=1S/C34H42IN6O16PS2/c1-58(48,49)29-17-23(16-24(40-29)18-36-21-35)7-6-22-8-10-25(11-9-22)56-15-3-14-37-33(46)27(60(53,54)55)20-39-34(47)26(59(50,51)52)19-38-28(42)4-2-5-32(45)57-41-30(43)12-13-31(41)44/h8-11,16-17,26-27,36H,2-5,12-15,18-21H2,1H3,(H,37,46)(H,38,42)(H,39,47)(H,48,49)(H,50,51,52)(H,53,54,55). The van der Waals surface area contributed by atoms with Gasteiger partial charge in [0.1, 0.15) is 11.2 Å². The van der Waals surface area contributed by atoms with Crippen LogP contribution in [0.3, 0.4) is 0 Å². The molecule has 1 aliphatic heterocycles. The molecule has 0 aliphatic carbocycles. The van der Waals surface area contributed by atoms with E-state index in [9.17, 15) is 64.2 Å². The van der Waals surface area contributed by atoms with Crippen LogP contribution in [0.25, 0.3) is 0 Å². The molecule has 1 aromatic carbocycles. The number of benzene rings is 1. The van der Waals surface area contributed by atoms with E-state index in [0.29, 0.717) is 38.7 Å². The lowest BCUT2D eigenvalue weighted by Crippen LogP contribution is -2.52. The van der Waals surface area contributed by atoms with Gasteiger partial charge in [0.15, 0.2) is 10.5 Å². The maximum Gasteiger partial charge on any atom is 0.333 e. The normalized spacial score (nSPS) is 14.8. The summed E-state index contributed by atoms with van der Waals surface area (Å²) in [5.41, 5.74) is 1.70. The maximum absolute atomic E-state index is 12.6. The number of nitrogens with one attached hydrogen (secondary N) is 4. The molecule has 1 fully saturated rings. The minimum Gasteiger partial charge on any atom is -0.494 e. The molecule has 3 unspecified atom stereocenters. The molecule has 22 nitrogen and oxygen atoms in total. The Morgan fingerprint density at radius 3 is 2.05 bits per heavy atom. The Morgan fingerprint density at radius 1 is 0.883 bits per heavy atom. The molecular weight excluding hydrogens is 970 g/mol. The van der Waals surface area contributed by atoms with Gasteiger partial charge < -0.3 is 35.7 Å². The maximum atomic E-state index is 12.6. The second kappa shape index (κ2) is 22.9. The highest BCUT2D eigenvalue weighted by Crippen LogP contribution is 2.33. The number of pyridine rings is 1. The molecule has 1 aromatic heterocycles. The van der Waals surface area contributed by atoms with E-state index in [4.69, 9.17) is 4.74 Å². The molecule has 7 N–H and O–H groups in total. The Labute approximate surface area is 358 Å². The van der Waals surface area contributed by atoms with Crippen LogP contribution in [-0.4, -0.2) is 124 Å². The molecule has 1 aliphatic rings. The average Bonchev–Trinajstić information content (AvgIpc) is 3.47. The summed E-state index contributed by atoms with van der Waals surface area (Å²) in [7, 11) is -14.0. The lowest BCUT2D eigenvalue weighted by molar-refractivity contribution is -0.197. The largest absolute Gasteiger partial charge is 0.494 e. The first-order valence-corrected chi connectivity index (χ1v) is 24.4. The second-order valence-electron chi connectivity index (χ2n) is 12.9. The van der Waals surface area contributed by atoms with Gasteiger partial charge in [-0.25, -0.2) is 9.78 Å². The van der Waals surface area contributed by atoms with Crippen LogP contribution in [0.2, 0.25) is 0 Å². The predicted octanol–water partition coefficient (Wildman–Crippen LogP) is -1.10. The minimum atomic E-state index is -5.22. The highest BCUT2D eigenvalue weighted by atomic mass is 127. The van der Waals surface area contributed by atoms with Crippen molar-refractivity contribution in [3.05, 3.63) is 53.2 Å². The summed E-state index contributed by atoms with van der Waals surface area (Å²) >= 11 is 2.13. The molecule has 0 bridgehead atoms. The zero-order valence-electron chi connectivity index (χ0n) is 31.8. The first-order chi connectivity index (χ1) is 28.1. The molecule has 3 rings (SSSR count). The van der Waals surface area contributed by atoms with E-state index in [2.05, 4.69) is 60.2 Å². The third kappa shape index (κ3) is 16.8. The molecular formula is C34H42IN6O16PS2. The third-order valence-electron chi connectivity index (χ3n) is 8.02. The lowest BCUT2D eigenvalue weighted by Gasteiger charge is -2.18. The van der Waals surface area contributed by atoms with E-state index in [0.717, 1.165) is 0 Å². The molecule has 1 saturated heterocycles. The number of nitrogens with zero attached hydrogens (tertiary/aromatic N) is 2. The monoisotopic (exact) mass is 1010 g/mol. The van der Waals surface area contributed by atoms with Gasteiger partial charge in [0.2, 0.25) is 25.1 Å². The number of hydroxylamine groups is 2. The van der Waals surface area contributed by atoms with Gasteiger partial charge in [0.25, 0.3) is 32.1 Å². The lowest BCUT2D eigenvalue weighted by atomic mass is 10.2. The van der Waals surface area contributed by atoms with Crippen LogP contribution in [0.5, 0.6) is 5.75 Å². The number of ether oxygens (including phenoxy) is 1. The van der Waals surface area contributed by atoms with Crippen LogP contribution >= 0.6 is 30.0 Å². The summed E-state index contributed by atoms with van der Waals surface area (Å²) in [6.07, 6.45) is -1.11. The van der Waals surface area contributed by atoms with Gasteiger partial charge in [-0.3, -0.25) is 37.6 Å². The molecule has 5 amide bonds. The topological polar surface area (TPSA) is 331 Å². The molecule has 0 spiro atoms. The van der Waals surface area contributed by atoms with E-state index in [-0.39, 0.29) is 44.3 Å². The van der Waals surface area contributed by atoms with Gasteiger partial charge in [0.05, 0.1) is 12.3 Å². The van der Waals surface area contributed by atoms with Crippen molar-refractivity contribution in [2.75, 3.05) is 37.5 Å². The van der Waals surface area contributed by atoms with Gasteiger partial charge in [-0.05, 0) is 49.2 Å². The molecule has 328 valence electrons. The first kappa shape index (κ1) is 49.8. The van der Waals surface area contributed by atoms with Gasteiger partial charge in [0, 0.05) is 74.2 Å². The van der Waals surface area contributed by atoms with Crippen LogP contribution < -0.4 is 31.4 Å². The Kier molecular flexibility index (Phi) is 19.0. The molecule has 3 atom stereocenters. The summed E-state index contributed by atoms with van der Waals surface area (Å²) in [6.45, 7) is -0.673. The van der Waals surface area contributed by atoms with Crippen LogP contribution in [0.4, 0.5) is 0 Å². The van der Waals surface area contributed by atoms with Gasteiger partial charge >= 0.3 is 5.97 Å². The van der Waals surface area contributed by atoms with Crippen molar-refractivity contribution in [2.24, 2.45) is 0 Å². The third-order valence-corrected chi connectivity index (χ3v) is 11.8. The Hall–Kier alpha value is -4.55. The average molecular weight is 1010 g/mol. The van der Waals surface area contributed by atoms with Crippen LogP contribution in [0, 0.1) is 11.8 Å². The number of amides is 5. The fourth-order valence-electron chi connectivity index (χ4n) is 4.96. The first-order valence-electron chi connectivity index (χ1n) is 17.7. The van der Waals surface area contributed by atoms with Crippen molar-refractivity contribution >= 4 is 91.1 Å². The highest BCUT2D eigenvalue weighted by molar-refractivity contribution is 14.1. The molecule has 2 heterocycles. The minimum absolute atomic E-state index is 0.0388. The number of hydrogen-bond acceptors (Lipinski definition) is 15. The van der Waals surface area contributed by atoms with Gasteiger partial charge in [-0.15, -0.1) is 5.06 Å². The van der Waals surface area contributed by atoms with Gasteiger partial charge in [-0.2, -0.15) is 16.8 Å². The SMILES string of the molecule is CP(=O)(O)c1cc(C#Cc2ccc(OCCCNC(=O)C(CNC(=O)C(CNC(=O)CCCC(=O)ON3C(=O)CCC3=O)S(=O)(=O)O)S(=O)(=O)O)cc2)cc(CNCI)n1. The van der Waals surface area contributed by atoms with E-state index in [1.165, 1.54) is 12.7 Å². The predicted molar refractivity (Wildman–Crippen MR) is 219 cm³/mol. The summed E-state index contributed by atoms with van der Waals surface area (Å²) in [5, 5.41) is 4.91. The molecule has 0 saturated carbocycles. The number of carbonyl (C=O) groups excluding carboxylic acids is 6. The van der Waals surface area contributed by atoms with Crippen LogP contribution in [-0.2, 0) is 65.0 Å². The fourth-order valence-corrected chi connectivity index (χ4v) is 7.21. The second-order valence-corrected chi connectivity index (χ2v) is 19.0. The summed E-state index contributed by atoms with van der Waals surface area (Å²) in [5.74, 6) is 0.278. The van der Waals surface area contributed by atoms with Crippen molar-refractivity contribution in [3.63, 3.8) is 0 Å². The molecule has 0 radical (unpaired) electrons. The number of alkyl halides is 1. The van der Waals surface area contributed by atoms with Crippen molar-refractivity contribution in [1.29, 1.82) is 0 Å². The zero-order valence-corrected chi connectivity index (χ0v) is 36.5. The van der Waals surface area contributed by atoms with Crippen molar-refractivity contribution in [1.82, 2.24) is 31.3 Å². The van der Waals surface area contributed by atoms with Crippen molar-refractivity contribution in [3.8, 4) is 17.6 Å². The number of hydrogen-bond donors (Lipinski definition) is 7. The van der Waals surface area contributed by atoms with E-state index in [1.54, 1.807) is 30.3 Å². The van der Waals surface area contributed by atoms with E-state index in [1.807, 2.05) is 5.32 Å². The Balaban J connectivity index is 1.45. The van der Waals surface area contributed by atoms with Gasteiger partial charge in [-0.1, -0.05) is 34.4 Å². The van der Waals surface area contributed by atoms with E-state index >= 15 is 0 Å². The number of imide groups is 1. The van der Waals surface area contributed by atoms with Crippen molar-refractivity contribution in [2.45, 2.75) is 55.6 Å². The van der Waals surface area contributed by atoms with E-state index < -0.39 is 99.5 Å². The Bertz CT molecular complexity index is 2250. The zero-order chi connectivity index (χ0) is 44.7.